The largest absolute Gasteiger partial charge is 0.386 e. The first-order chi connectivity index (χ1) is 13.8. The van der Waals surface area contributed by atoms with E-state index in [9.17, 15) is 19.2 Å². The van der Waals surface area contributed by atoms with Gasteiger partial charge in [0.05, 0.1) is 0 Å². The molecule has 31 heavy (non-hydrogen) atoms. The Balaban J connectivity index is 0.00000480. The number of nitrogens with one attached hydrogen (secondary N) is 2. The minimum atomic E-state index is -0.843. The van der Waals surface area contributed by atoms with Crippen molar-refractivity contribution in [2.24, 2.45) is 0 Å². The monoisotopic (exact) mass is 481 g/mol. The molecular formula is C22H34CuN4O4. The van der Waals surface area contributed by atoms with Crippen LogP contribution in [0.2, 0.25) is 0 Å². The molecule has 9 heteroatoms. The Hall–Kier alpha value is -2.12. The van der Waals surface area contributed by atoms with Gasteiger partial charge < -0.3 is 20.4 Å². The van der Waals surface area contributed by atoms with E-state index in [1.54, 1.807) is 51.3 Å². The number of rotatable bonds is 7. The summed E-state index contributed by atoms with van der Waals surface area (Å²) in [6.07, 6.45) is 0. The average molecular weight is 482 g/mol. The summed E-state index contributed by atoms with van der Waals surface area (Å²) in [5, 5.41) is 6.24. The predicted molar refractivity (Wildman–Crippen MR) is 114 cm³/mol. The first-order valence-corrected chi connectivity index (χ1v) is 10.5. The molecule has 0 bridgehead atoms. The number of carbonyl (C=O) groups excluding carboxylic acids is 4. The van der Waals surface area contributed by atoms with Crippen molar-refractivity contribution < 1.29 is 36.2 Å². The molecule has 0 saturated carbocycles. The van der Waals surface area contributed by atoms with Crippen LogP contribution >= 0.6 is 0 Å². The third-order valence-corrected chi connectivity index (χ3v) is 6.12. The first kappa shape index (κ1) is 26.9. The molecule has 1 radical (unpaired) electrons. The minimum Gasteiger partial charge on any atom is -0.386 e. The first-order valence-electron chi connectivity index (χ1n) is 10.5. The molecule has 2 saturated heterocycles. The molecule has 2 aliphatic heterocycles. The summed E-state index contributed by atoms with van der Waals surface area (Å²) in [7, 11) is 0. The third-order valence-electron chi connectivity index (χ3n) is 6.12. The summed E-state index contributed by atoms with van der Waals surface area (Å²) < 4.78 is 0. The van der Waals surface area contributed by atoms with Crippen LogP contribution in [-0.4, -0.2) is 70.4 Å². The summed E-state index contributed by atoms with van der Waals surface area (Å²) in [6, 6.07) is 0. The summed E-state index contributed by atoms with van der Waals surface area (Å²) in [4.78, 5) is 53.8. The second-order valence-corrected chi connectivity index (χ2v) is 8.73. The molecule has 0 unspecified atom stereocenters. The van der Waals surface area contributed by atoms with Gasteiger partial charge >= 0.3 is 0 Å². The summed E-state index contributed by atoms with van der Waals surface area (Å²) in [5.41, 5.74) is -0.230. The zero-order valence-corrected chi connectivity index (χ0v) is 20.6. The maximum absolute atomic E-state index is 12.7. The van der Waals surface area contributed by atoms with Crippen molar-refractivity contribution in [2.45, 2.75) is 66.5 Å². The molecule has 0 atom stereocenters. The molecule has 177 valence electrons. The Bertz CT molecular complexity index is 788. The molecule has 2 N–H and O–H groups in total. The number of likely N-dealkylation sites (N-methyl/N-ethyl adjacent to an activating group) is 2. The van der Waals surface area contributed by atoms with E-state index in [0.29, 0.717) is 37.6 Å². The van der Waals surface area contributed by atoms with Crippen LogP contribution in [0.5, 0.6) is 0 Å². The molecule has 0 aromatic rings. The zero-order chi connectivity index (χ0) is 23.0. The Morgan fingerprint density at radius 1 is 0.710 bits per heavy atom. The second-order valence-electron chi connectivity index (χ2n) is 8.73. The number of hydrogen-bond acceptors (Lipinski definition) is 6. The van der Waals surface area contributed by atoms with Gasteiger partial charge in [0.2, 0.25) is 0 Å². The maximum Gasteiger partial charge on any atom is 0.260 e. The molecule has 0 spiro atoms. The molecule has 2 amide bonds. The smallest absolute Gasteiger partial charge is 0.260 e. The van der Waals surface area contributed by atoms with Crippen LogP contribution in [-0.2, 0) is 36.2 Å². The van der Waals surface area contributed by atoms with Crippen molar-refractivity contribution in [2.75, 3.05) is 26.2 Å². The van der Waals surface area contributed by atoms with Gasteiger partial charge in [-0.2, -0.15) is 0 Å². The summed E-state index contributed by atoms with van der Waals surface area (Å²) in [5.74, 6) is -0.884. The third kappa shape index (κ3) is 4.44. The van der Waals surface area contributed by atoms with Gasteiger partial charge in [-0.3, -0.25) is 19.2 Å². The number of amides is 2. The van der Waals surface area contributed by atoms with Crippen LogP contribution in [0, 0.1) is 0 Å². The van der Waals surface area contributed by atoms with Gasteiger partial charge in [-0.15, -0.1) is 0 Å². The number of carbonyl (C=O) groups is 4. The van der Waals surface area contributed by atoms with E-state index in [0.717, 1.165) is 0 Å². The number of hydrogen-bond donors (Lipinski definition) is 2. The molecule has 8 nitrogen and oxygen atoms in total. The number of allylic oxidation sites excluding steroid dienone is 2. The Morgan fingerprint density at radius 3 is 1.23 bits per heavy atom. The van der Waals surface area contributed by atoms with E-state index in [-0.39, 0.29) is 51.6 Å². The van der Waals surface area contributed by atoms with E-state index in [1.165, 1.54) is 0 Å². The maximum atomic E-state index is 12.7. The van der Waals surface area contributed by atoms with Crippen LogP contribution < -0.4 is 10.6 Å². The van der Waals surface area contributed by atoms with Gasteiger partial charge in [0.25, 0.3) is 11.8 Å². The summed E-state index contributed by atoms with van der Waals surface area (Å²) in [6.45, 7) is 16.0. The van der Waals surface area contributed by atoms with E-state index in [4.69, 9.17) is 0 Å². The van der Waals surface area contributed by atoms with Gasteiger partial charge in [0, 0.05) is 54.6 Å². The second kappa shape index (κ2) is 9.57. The fourth-order valence-corrected chi connectivity index (χ4v) is 4.24. The molecule has 0 aromatic carbocycles. The van der Waals surface area contributed by atoms with Crippen molar-refractivity contribution in [3.8, 4) is 0 Å². The van der Waals surface area contributed by atoms with Crippen molar-refractivity contribution in [1.82, 2.24) is 20.4 Å². The number of nitrogens with zero attached hydrogens (tertiary/aromatic N) is 2. The molecule has 0 aromatic heterocycles. The fourth-order valence-electron chi connectivity index (χ4n) is 4.24. The molecule has 2 fully saturated rings. The van der Waals surface area contributed by atoms with Gasteiger partial charge in [-0.25, -0.2) is 0 Å². The fraction of sp³-hybridized carbons (Fsp3) is 0.636. The molecule has 2 aliphatic rings. The average Bonchev–Trinajstić information content (AvgIpc) is 2.93. The number of likely N-dealkylation sites (tertiary alicyclic amines) is 2. The van der Waals surface area contributed by atoms with Crippen LogP contribution in [0.4, 0.5) is 0 Å². The standard InChI is InChI=1S/C22H34N4O4.Cu/c1-9-25-19(29)15(17(27)21(25,5)6)13(3)23-11-12-24-14(4)16-18(28)22(7,8)26(10-2)20(16)30;/h23-24H,9-12H2,1-8H3;/b15-13-,16-14-;. The van der Waals surface area contributed by atoms with Crippen molar-refractivity contribution in [3.05, 3.63) is 22.5 Å². The van der Waals surface area contributed by atoms with Crippen LogP contribution in [0.15, 0.2) is 22.5 Å². The Kier molecular flexibility index (Phi) is 8.31. The summed E-state index contributed by atoms with van der Waals surface area (Å²) >= 11 is 0. The van der Waals surface area contributed by atoms with Crippen molar-refractivity contribution in [3.63, 3.8) is 0 Å². The molecule has 0 aliphatic carbocycles. The van der Waals surface area contributed by atoms with Gasteiger partial charge in [0.1, 0.15) is 22.2 Å². The number of ketones is 2. The molecule has 2 rings (SSSR count). The molecule has 2 heterocycles. The van der Waals surface area contributed by atoms with E-state index < -0.39 is 11.1 Å². The van der Waals surface area contributed by atoms with E-state index in [2.05, 4.69) is 10.6 Å². The topological polar surface area (TPSA) is 98.8 Å². The zero-order valence-electron chi connectivity index (χ0n) is 19.7. The molecular weight excluding hydrogens is 448 g/mol. The Labute approximate surface area is 195 Å². The van der Waals surface area contributed by atoms with E-state index >= 15 is 0 Å². The minimum absolute atomic E-state index is 0. The van der Waals surface area contributed by atoms with E-state index in [1.807, 2.05) is 13.8 Å². The SMILES string of the molecule is CCN1C(=O)/C(=C(/C)NCCN/C(C)=C2\C(=O)N(CC)C(C)(C)C2=O)C(=O)C1(C)C.[Cu]. The van der Waals surface area contributed by atoms with Gasteiger partial charge in [-0.1, -0.05) is 0 Å². The number of Topliss-reactive ketones (excluding diaryl/α,β-unsaturated/α-hetero) is 2. The van der Waals surface area contributed by atoms with Gasteiger partial charge in [0.15, 0.2) is 11.6 Å². The normalized spacial score (nSPS) is 23.2. The Morgan fingerprint density at radius 2 is 1.00 bits per heavy atom. The van der Waals surface area contributed by atoms with Crippen LogP contribution in [0.3, 0.4) is 0 Å². The van der Waals surface area contributed by atoms with Crippen molar-refractivity contribution in [1.29, 1.82) is 0 Å². The van der Waals surface area contributed by atoms with Crippen molar-refractivity contribution >= 4 is 23.4 Å². The van der Waals surface area contributed by atoms with Crippen LogP contribution in [0.1, 0.15) is 55.4 Å². The van der Waals surface area contributed by atoms with Gasteiger partial charge in [-0.05, 0) is 55.4 Å². The quantitative estimate of drug-likeness (QED) is 0.245. The predicted octanol–water partition coefficient (Wildman–Crippen LogP) is 1.13. The van der Waals surface area contributed by atoms with Crippen LogP contribution in [0.25, 0.3) is 0 Å².